The summed E-state index contributed by atoms with van der Waals surface area (Å²) in [6.45, 7) is 3.55. The molecule has 4 rings (SSSR count). The number of hydrogen-bond acceptors (Lipinski definition) is 7. The first-order chi connectivity index (χ1) is 13.7. The second-order valence-corrected chi connectivity index (χ2v) is 6.81. The van der Waals surface area contributed by atoms with Crippen molar-refractivity contribution >= 4 is 23.5 Å². The van der Waals surface area contributed by atoms with Crippen molar-refractivity contribution in [3.05, 3.63) is 53.1 Å². The van der Waals surface area contributed by atoms with Gasteiger partial charge < -0.3 is 19.5 Å². The molecule has 28 heavy (non-hydrogen) atoms. The zero-order valence-electron chi connectivity index (χ0n) is 15.3. The number of benzene rings is 2. The highest BCUT2D eigenvalue weighted by molar-refractivity contribution is 6.33. The van der Waals surface area contributed by atoms with Crippen LogP contribution in [-0.4, -0.2) is 49.4 Å². The molecule has 8 heteroatoms. The molecule has 0 aliphatic carbocycles. The number of esters is 1. The maximum absolute atomic E-state index is 11.7. The van der Waals surface area contributed by atoms with Crippen molar-refractivity contribution in [3.63, 3.8) is 0 Å². The third-order valence-electron chi connectivity index (χ3n) is 4.65. The zero-order valence-corrected chi connectivity index (χ0v) is 16.1. The van der Waals surface area contributed by atoms with Crippen molar-refractivity contribution in [1.29, 1.82) is 0 Å². The van der Waals surface area contributed by atoms with E-state index in [1.807, 2.05) is 30.3 Å². The van der Waals surface area contributed by atoms with Crippen LogP contribution in [0.5, 0.6) is 0 Å². The third-order valence-corrected chi connectivity index (χ3v) is 4.97. The van der Waals surface area contributed by atoms with Crippen molar-refractivity contribution in [3.8, 4) is 22.6 Å². The van der Waals surface area contributed by atoms with Crippen LogP contribution in [0.1, 0.15) is 10.4 Å². The lowest BCUT2D eigenvalue weighted by molar-refractivity contribution is 0.0601. The number of aromatic nitrogens is 2. The van der Waals surface area contributed by atoms with Crippen LogP contribution >= 0.6 is 11.6 Å². The maximum atomic E-state index is 11.7. The highest BCUT2D eigenvalue weighted by atomic mass is 35.5. The van der Waals surface area contributed by atoms with E-state index >= 15 is 0 Å². The predicted molar refractivity (Wildman–Crippen MR) is 107 cm³/mol. The molecule has 2 aromatic carbocycles. The summed E-state index contributed by atoms with van der Waals surface area (Å²) < 4.78 is 10.1. The second kappa shape index (κ2) is 8.00. The summed E-state index contributed by atoms with van der Waals surface area (Å²) in [4.78, 5) is 18.3. The average molecular weight is 399 g/mol. The number of hydrogen-bond donors (Lipinski definition) is 1. The molecule has 0 amide bonds. The van der Waals surface area contributed by atoms with Gasteiger partial charge in [0.05, 0.1) is 17.7 Å². The normalized spacial score (nSPS) is 14.1. The van der Waals surface area contributed by atoms with Crippen LogP contribution in [0, 0.1) is 0 Å². The van der Waals surface area contributed by atoms with Gasteiger partial charge in [-0.25, -0.2) is 4.79 Å². The molecule has 1 aromatic heterocycles. The van der Waals surface area contributed by atoms with E-state index in [1.54, 1.807) is 12.1 Å². The first-order valence-corrected chi connectivity index (χ1v) is 9.31. The number of nitrogens with one attached hydrogen (secondary N) is 1. The highest BCUT2D eigenvalue weighted by Crippen LogP contribution is 2.28. The average Bonchev–Trinajstić information content (AvgIpc) is 3.24. The van der Waals surface area contributed by atoms with E-state index in [-0.39, 0.29) is 0 Å². The molecule has 1 aliphatic heterocycles. The Morgan fingerprint density at radius 3 is 2.46 bits per heavy atom. The molecule has 144 valence electrons. The largest absolute Gasteiger partial charge is 0.465 e. The Morgan fingerprint density at radius 2 is 1.79 bits per heavy atom. The molecule has 7 nitrogen and oxygen atoms in total. The van der Waals surface area contributed by atoms with E-state index < -0.39 is 5.97 Å². The number of carbonyl (C=O) groups excluding carboxylic acids is 1. The lowest BCUT2D eigenvalue weighted by Gasteiger charge is -2.25. The molecule has 1 N–H and O–H groups in total. The molecule has 0 spiro atoms. The minimum absolute atomic E-state index is 0.343. The number of anilines is 1. The van der Waals surface area contributed by atoms with Gasteiger partial charge >= 0.3 is 5.97 Å². The molecule has 1 fully saturated rings. The lowest BCUT2D eigenvalue weighted by atomic mass is 10.0. The number of carbonyl (C=O) groups is 1. The summed E-state index contributed by atoms with van der Waals surface area (Å²) in [5, 5.41) is 7.74. The van der Waals surface area contributed by atoms with Crippen LogP contribution < -0.4 is 10.2 Å². The number of ether oxygens (including phenoxy) is 1. The Kier molecular flexibility index (Phi) is 5.27. The zero-order chi connectivity index (χ0) is 19.5. The highest BCUT2D eigenvalue weighted by Gasteiger charge is 2.17. The third kappa shape index (κ3) is 3.72. The molecular weight excluding hydrogens is 380 g/mol. The maximum Gasteiger partial charge on any atom is 0.339 e. The van der Waals surface area contributed by atoms with Gasteiger partial charge in [-0.1, -0.05) is 29.8 Å². The van der Waals surface area contributed by atoms with Crippen LogP contribution in [0.2, 0.25) is 5.02 Å². The van der Waals surface area contributed by atoms with E-state index in [1.165, 1.54) is 7.11 Å². The standard InChI is InChI=1S/C20H19ClN4O3/c1-27-19(26)16-7-6-15(12-17(16)21)13-2-4-14(5-3-13)18-23-20(24-28-18)25-10-8-22-9-11-25/h2-7,12,22H,8-11H2,1H3. The molecule has 3 aromatic rings. The van der Waals surface area contributed by atoms with Crippen molar-refractivity contribution < 1.29 is 14.1 Å². The number of piperazine rings is 1. The van der Waals surface area contributed by atoms with Crippen molar-refractivity contribution in [1.82, 2.24) is 15.5 Å². The number of nitrogens with zero attached hydrogens (tertiary/aromatic N) is 3. The van der Waals surface area contributed by atoms with Crippen LogP contribution in [0.4, 0.5) is 5.95 Å². The fraction of sp³-hybridized carbons (Fsp3) is 0.250. The molecule has 1 saturated heterocycles. The van der Waals surface area contributed by atoms with Gasteiger partial charge in [0.2, 0.25) is 0 Å². The van der Waals surface area contributed by atoms with Gasteiger partial charge in [0.1, 0.15) is 0 Å². The van der Waals surface area contributed by atoms with Gasteiger partial charge in [-0.05, 0) is 40.5 Å². The van der Waals surface area contributed by atoms with E-state index in [9.17, 15) is 4.79 Å². The molecule has 2 heterocycles. The Labute approximate surface area is 167 Å². The predicted octanol–water partition coefficient (Wildman–Crippen LogP) is 3.25. The van der Waals surface area contributed by atoms with E-state index in [4.69, 9.17) is 20.9 Å². The van der Waals surface area contributed by atoms with E-state index in [0.29, 0.717) is 22.4 Å². The molecule has 0 saturated carbocycles. The molecule has 0 bridgehead atoms. The minimum Gasteiger partial charge on any atom is -0.465 e. The number of halogens is 1. The van der Waals surface area contributed by atoms with Crippen LogP contribution in [0.15, 0.2) is 47.0 Å². The molecular formula is C20H19ClN4O3. The monoisotopic (exact) mass is 398 g/mol. The van der Waals surface area contributed by atoms with Crippen LogP contribution in [-0.2, 0) is 4.74 Å². The van der Waals surface area contributed by atoms with E-state index in [0.717, 1.165) is 42.9 Å². The fourth-order valence-electron chi connectivity index (χ4n) is 3.10. The molecule has 0 radical (unpaired) electrons. The van der Waals surface area contributed by atoms with Gasteiger partial charge in [0, 0.05) is 31.7 Å². The molecule has 0 atom stereocenters. The summed E-state index contributed by atoms with van der Waals surface area (Å²) in [5.74, 6) is 0.647. The summed E-state index contributed by atoms with van der Waals surface area (Å²) in [6, 6.07) is 13.0. The summed E-state index contributed by atoms with van der Waals surface area (Å²) in [7, 11) is 1.33. The van der Waals surface area contributed by atoms with E-state index in [2.05, 4.69) is 20.4 Å². The van der Waals surface area contributed by atoms with Crippen LogP contribution in [0.3, 0.4) is 0 Å². The fourth-order valence-corrected chi connectivity index (χ4v) is 3.36. The summed E-state index contributed by atoms with van der Waals surface area (Å²) >= 11 is 6.21. The SMILES string of the molecule is COC(=O)c1ccc(-c2ccc(-c3nc(N4CCNCC4)no3)cc2)cc1Cl. The second-order valence-electron chi connectivity index (χ2n) is 6.40. The smallest absolute Gasteiger partial charge is 0.339 e. The first-order valence-electron chi connectivity index (χ1n) is 8.94. The Balaban J connectivity index is 1.53. The lowest BCUT2D eigenvalue weighted by Crippen LogP contribution is -2.44. The van der Waals surface area contributed by atoms with Gasteiger partial charge in [-0.2, -0.15) is 4.98 Å². The van der Waals surface area contributed by atoms with Crippen molar-refractivity contribution in [2.24, 2.45) is 0 Å². The van der Waals surface area contributed by atoms with Crippen LogP contribution in [0.25, 0.3) is 22.6 Å². The quantitative estimate of drug-likeness (QED) is 0.675. The van der Waals surface area contributed by atoms with Gasteiger partial charge in [0.25, 0.3) is 11.8 Å². The molecule has 1 aliphatic rings. The summed E-state index contributed by atoms with van der Waals surface area (Å²) in [6.07, 6.45) is 0. The topological polar surface area (TPSA) is 80.5 Å². The number of methoxy groups -OCH3 is 1. The van der Waals surface area contributed by atoms with Gasteiger partial charge in [0.15, 0.2) is 0 Å². The van der Waals surface area contributed by atoms with Crippen molar-refractivity contribution in [2.45, 2.75) is 0 Å². The molecule has 0 unspecified atom stereocenters. The van der Waals surface area contributed by atoms with Gasteiger partial charge in [-0.3, -0.25) is 0 Å². The minimum atomic E-state index is -0.455. The Bertz CT molecular complexity index is 981. The Morgan fingerprint density at radius 1 is 1.11 bits per heavy atom. The number of rotatable bonds is 4. The summed E-state index contributed by atoms with van der Waals surface area (Å²) in [5.41, 5.74) is 3.05. The van der Waals surface area contributed by atoms with Gasteiger partial charge in [-0.15, -0.1) is 0 Å². The Hall–Kier alpha value is -2.90. The first kappa shape index (κ1) is 18.5. The van der Waals surface area contributed by atoms with Crippen molar-refractivity contribution in [2.75, 3.05) is 38.2 Å².